The van der Waals surface area contributed by atoms with Crippen molar-refractivity contribution in [3.63, 3.8) is 0 Å². The van der Waals surface area contributed by atoms with Gasteiger partial charge in [-0.2, -0.15) is 0 Å². The second-order valence-corrected chi connectivity index (χ2v) is 4.98. The number of nitrogens with one attached hydrogen (secondary N) is 1. The van der Waals surface area contributed by atoms with E-state index in [1.54, 1.807) is 0 Å². The SMILES string of the molecule is Cc1[nH]c(Br)cc1CCC1(N)CC1. The zero-order valence-corrected chi connectivity index (χ0v) is 9.45. The fraction of sp³-hybridized carbons (Fsp3) is 0.600. The summed E-state index contributed by atoms with van der Waals surface area (Å²) >= 11 is 3.43. The van der Waals surface area contributed by atoms with Crippen molar-refractivity contribution in [2.75, 3.05) is 0 Å². The topological polar surface area (TPSA) is 41.8 Å². The first-order valence-corrected chi connectivity index (χ1v) is 5.51. The predicted octanol–water partition coefficient (Wildman–Crippen LogP) is 2.51. The summed E-state index contributed by atoms with van der Waals surface area (Å²) in [5.41, 5.74) is 8.86. The van der Waals surface area contributed by atoms with E-state index >= 15 is 0 Å². The minimum absolute atomic E-state index is 0.177. The number of aryl methyl sites for hydroxylation is 2. The van der Waals surface area contributed by atoms with Gasteiger partial charge in [0.05, 0.1) is 4.60 Å². The molecule has 0 saturated heterocycles. The van der Waals surface area contributed by atoms with Gasteiger partial charge in [-0.15, -0.1) is 0 Å². The van der Waals surface area contributed by atoms with Gasteiger partial charge in [0.1, 0.15) is 0 Å². The van der Waals surface area contributed by atoms with Gasteiger partial charge in [0.15, 0.2) is 0 Å². The van der Waals surface area contributed by atoms with E-state index in [0.717, 1.165) is 17.4 Å². The van der Waals surface area contributed by atoms with Gasteiger partial charge in [-0.25, -0.2) is 0 Å². The molecule has 0 radical (unpaired) electrons. The second kappa shape index (κ2) is 3.14. The lowest BCUT2D eigenvalue weighted by Crippen LogP contribution is -2.22. The van der Waals surface area contributed by atoms with Crippen LogP contribution in [0.5, 0.6) is 0 Å². The van der Waals surface area contributed by atoms with Gasteiger partial charge in [-0.3, -0.25) is 0 Å². The maximum Gasteiger partial charge on any atom is 0.0824 e. The van der Waals surface area contributed by atoms with E-state index in [9.17, 15) is 0 Å². The van der Waals surface area contributed by atoms with Crippen molar-refractivity contribution in [3.8, 4) is 0 Å². The largest absolute Gasteiger partial charge is 0.353 e. The first-order chi connectivity index (χ1) is 6.09. The molecule has 1 heterocycles. The Morgan fingerprint density at radius 3 is 2.77 bits per heavy atom. The van der Waals surface area contributed by atoms with E-state index in [4.69, 9.17) is 5.73 Å². The quantitative estimate of drug-likeness (QED) is 0.841. The fourth-order valence-corrected chi connectivity index (χ4v) is 2.18. The Morgan fingerprint density at radius 2 is 2.31 bits per heavy atom. The number of H-pyrrole nitrogens is 1. The van der Waals surface area contributed by atoms with Crippen LogP contribution in [-0.2, 0) is 6.42 Å². The summed E-state index contributed by atoms with van der Waals surface area (Å²) in [5.74, 6) is 0. The molecule has 2 nitrogen and oxygen atoms in total. The monoisotopic (exact) mass is 242 g/mol. The molecule has 0 aliphatic heterocycles. The van der Waals surface area contributed by atoms with E-state index < -0.39 is 0 Å². The standard InChI is InChI=1S/C10H15BrN2/c1-7-8(6-9(11)13-7)2-3-10(12)4-5-10/h6,13H,2-5,12H2,1H3. The van der Waals surface area contributed by atoms with Crippen LogP contribution in [-0.4, -0.2) is 10.5 Å². The molecule has 1 aliphatic rings. The van der Waals surface area contributed by atoms with Crippen LogP contribution in [0.4, 0.5) is 0 Å². The highest BCUT2D eigenvalue weighted by atomic mass is 79.9. The van der Waals surface area contributed by atoms with Crippen LogP contribution in [0.25, 0.3) is 0 Å². The van der Waals surface area contributed by atoms with Crippen molar-refractivity contribution in [3.05, 3.63) is 21.9 Å². The molecule has 1 aromatic heterocycles. The Labute approximate surface area is 87.0 Å². The molecule has 1 saturated carbocycles. The molecule has 2 rings (SSSR count). The fourth-order valence-electron chi connectivity index (χ4n) is 1.61. The Kier molecular flexibility index (Phi) is 2.24. The van der Waals surface area contributed by atoms with Gasteiger partial charge >= 0.3 is 0 Å². The predicted molar refractivity (Wildman–Crippen MR) is 57.7 cm³/mol. The molecule has 0 atom stereocenters. The maximum absolute atomic E-state index is 6.03. The third kappa shape index (κ3) is 2.15. The van der Waals surface area contributed by atoms with Crippen LogP contribution >= 0.6 is 15.9 Å². The van der Waals surface area contributed by atoms with Gasteiger partial charge < -0.3 is 10.7 Å². The second-order valence-electron chi connectivity index (χ2n) is 4.13. The highest BCUT2D eigenvalue weighted by molar-refractivity contribution is 9.10. The summed E-state index contributed by atoms with van der Waals surface area (Å²) in [6.45, 7) is 2.11. The lowest BCUT2D eigenvalue weighted by Gasteiger charge is -2.06. The third-order valence-electron chi connectivity index (χ3n) is 2.87. The summed E-state index contributed by atoms with van der Waals surface area (Å²) in [6.07, 6.45) is 4.64. The van der Waals surface area contributed by atoms with Crippen LogP contribution in [0, 0.1) is 6.92 Å². The number of aromatic amines is 1. The molecule has 0 unspecified atom stereocenters. The van der Waals surface area contributed by atoms with Crippen molar-refractivity contribution in [2.45, 2.75) is 38.1 Å². The molecule has 3 N–H and O–H groups in total. The molecule has 0 spiro atoms. The Bertz CT molecular complexity index is 313. The van der Waals surface area contributed by atoms with E-state index in [-0.39, 0.29) is 5.54 Å². The van der Waals surface area contributed by atoms with Crippen LogP contribution in [0.15, 0.2) is 10.7 Å². The smallest absolute Gasteiger partial charge is 0.0824 e. The lowest BCUT2D eigenvalue weighted by atomic mass is 10.1. The number of nitrogens with two attached hydrogens (primary N) is 1. The van der Waals surface area contributed by atoms with Crippen LogP contribution in [0.2, 0.25) is 0 Å². The number of halogens is 1. The molecule has 3 heteroatoms. The van der Waals surface area contributed by atoms with E-state index in [0.29, 0.717) is 0 Å². The zero-order valence-electron chi connectivity index (χ0n) is 7.86. The van der Waals surface area contributed by atoms with Gasteiger partial charge in [0.25, 0.3) is 0 Å². The summed E-state index contributed by atoms with van der Waals surface area (Å²) in [5, 5.41) is 0. The molecule has 0 bridgehead atoms. The van der Waals surface area contributed by atoms with Crippen molar-refractivity contribution >= 4 is 15.9 Å². The molecule has 1 fully saturated rings. The van der Waals surface area contributed by atoms with Gasteiger partial charge in [-0.1, -0.05) is 0 Å². The average Bonchev–Trinajstić information content (AvgIpc) is 2.69. The number of aromatic nitrogens is 1. The number of rotatable bonds is 3. The van der Waals surface area contributed by atoms with Crippen LogP contribution < -0.4 is 5.73 Å². The highest BCUT2D eigenvalue weighted by Gasteiger charge is 2.37. The molecule has 1 aliphatic carbocycles. The van der Waals surface area contributed by atoms with Crippen molar-refractivity contribution in [1.29, 1.82) is 0 Å². The minimum Gasteiger partial charge on any atom is -0.353 e. The minimum atomic E-state index is 0.177. The van der Waals surface area contributed by atoms with Gasteiger partial charge in [-0.05, 0) is 60.2 Å². The summed E-state index contributed by atoms with van der Waals surface area (Å²) in [7, 11) is 0. The van der Waals surface area contributed by atoms with Crippen LogP contribution in [0.3, 0.4) is 0 Å². The van der Waals surface area contributed by atoms with Crippen molar-refractivity contribution < 1.29 is 0 Å². The third-order valence-corrected chi connectivity index (χ3v) is 3.30. The normalized spacial score (nSPS) is 19.0. The molecule has 0 aromatic carbocycles. The molecule has 72 valence electrons. The molecule has 1 aromatic rings. The number of hydrogen-bond donors (Lipinski definition) is 2. The van der Waals surface area contributed by atoms with Gasteiger partial charge in [0.2, 0.25) is 0 Å². The van der Waals surface area contributed by atoms with Crippen molar-refractivity contribution in [2.24, 2.45) is 5.73 Å². The summed E-state index contributed by atoms with van der Waals surface area (Å²) in [4.78, 5) is 3.24. The van der Waals surface area contributed by atoms with E-state index in [2.05, 4.69) is 33.9 Å². The molecular formula is C10H15BrN2. The number of hydrogen-bond acceptors (Lipinski definition) is 1. The summed E-state index contributed by atoms with van der Waals surface area (Å²) < 4.78 is 1.07. The summed E-state index contributed by atoms with van der Waals surface area (Å²) in [6, 6.07) is 2.15. The van der Waals surface area contributed by atoms with E-state index in [1.165, 1.54) is 24.1 Å². The zero-order chi connectivity index (χ0) is 9.47. The first-order valence-electron chi connectivity index (χ1n) is 4.72. The Hall–Kier alpha value is -0.280. The van der Waals surface area contributed by atoms with Gasteiger partial charge in [0, 0.05) is 11.2 Å². The highest BCUT2D eigenvalue weighted by Crippen LogP contribution is 2.36. The molecule has 13 heavy (non-hydrogen) atoms. The average molecular weight is 243 g/mol. The molecular weight excluding hydrogens is 228 g/mol. The maximum atomic E-state index is 6.03. The Morgan fingerprint density at radius 1 is 1.62 bits per heavy atom. The first kappa shape index (κ1) is 9.28. The van der Waals surface area contributed by atoms with Crippen LogP contribution in [0.1, 0.15) is 30.5 Å². The van der Waals surface area contributed by atoms with E-state index in [1.807, 2.05) is 0 Å². The van der Waals surface area contributed by atoms with Crippen molar-refractivity contribution in [1.82, 2.24) is 4.98 Å². The Balaban J connectivity index is 1.97. The lowest BCUT2D eigenvalue weighted by molar-refractivity contribution is 0.608. The molecule has 0 amide bonds.